The number of carbonyl (C=O) groups excluding carboxylic acids is 1. The predicted molar refractivity (Wildman–Crippen MR) is 74.4 cm³/mol. The summed E-state index contributed by atoms with van der Waals surface area (Å²) >= 11 is 0. The van der Waals surface area contributed by atoms with Crippen LogP contribution in [0.4, 0.5) is 4.39 Å². The molecular weight excluding hydrogens is 245 g/mol. The van der Waals surface area contributed by atoms with Crippen LogP contribution in [0.2, 0.25) is 0 Å². The molecule has 0 saturated carbocycles. The van der Waals surface area contributed by atoms with Crippen LogP contribution in [0.25, 0.3) is 0 Å². The van der Waals surface area contributed by atoms with Crippen LogP contribution in [-0.4, -0.2) is 38.0 Å². The zero-order valence-corrected chi connectivity index (χ0v) is 11.6. The van der Waals surface area contributed by atoms with Gasteiger partial charge in [0, 0.05) is 17.7 Å². The van der Waals surface area contributed by atoms with Crippen molar-refractivity contribution in [3.8, 4) is 0 Å². The minimum atomic E-state index is -0.609. The van der Waals surface area contributed by atoms with E-state index in [1.165, 1.54) is 6.07 Å². The van der Waals surface area contributed by atoms with Crippen LogP contribution in [0, 0.1) is 5.82 Å². The van der Waals surface area contributed by atoms with Gasteiger partial charge >= 0.3 is 0 Å². The van der Waals surface area contributed by atoms with Crippen LogP contribution < -0.4 is 11.1 Å². The van der Waals surface area contributed by atoms with Crippen molar-refractivity contribution in [1.29, 1.82) is 0 Å². The number of benzene rings is 1. The Balaban J connectivity index is 2.32. The summed E-state index contributed by atoms with van der Waals surface area (Å²) in [6.45, 7) is 2.38. The fourth-order valence-electron chi connectivity index (χ4n) is 1.75. The molecule has 1 aromatic rings. The van der Waals surface area contributed by atoms with E-state index < -0.39 is 11.7 Å². The van der Waals surface area contributed by atoms with Crippen molar-refractivity contribution in [2.45, 2.75) is 19.4 Å². The number of unbranched alkanes of at least 4 members (excludes halogenated alkanes) is 1. The molecule has 0 unspecified atom stereocenters. The van der Waals surface area contributed by atoms with Gasteiger partial charge in [0.1, 0.15) is 5.82 Å². The minimum Gasteiger partial charge on any atom is -0.366 e. The summed E-state index contributed by atoms with van der Waals surface area (Å²) in [4.78, 5) is 13.0. The lowest BCUT2D eigenvalue weighted by molar-refractivity contribution is 0.1000. The normalized spacial score (nSPS) is 10.9. The van der Waals surface area contributed by atoms with Crippen molar-refractivity contribution in [2.24, 2.45) is 5.73 Å². The van der Waals surface area contributed by atoms with Gasteiger partial charge in [0.05, 0.1) is 0 Å². The van der Waals surface area contributed by atoms with E-state index in [1.54, 1.807) is 12.1 Å². The summed E-state index contributed by atoms with van der Waals surface area (Å²) in [6, 6.07) is 4.34. The van der Waals surface area contributed by atoms with E-state index in [0.717, 1.165) is 25.9 Å². The third-order valence-electron chi connectivity index (χ3n) is 2.86. The number of carbonyl (C=O) groups is 1. The first-order valence-corrected chi connectivity index (χ1v) is 6.44. The quantitative estimate of drug-likeness (QED) is 0.699. The van der Waals surface area contributed by atoms with E-state index in [4.69, 9.17) is 5.73 Å². The maximum atomic E-state index is 13.6. The first-order valence-electron chi connectivity index (χ1n) is 6.44. The molecule has 0 aromatic heterocycles. The van der Waals surface area contributed by atoms with Gasteiger partial charge in [-0.3, -0.25) is 4.79 Å². The SMILES string of the molecule is CN(C)CCCCNCc1ccc(C(N)=O)cc1F. The van der Waals surface area contributed by atoms with Crippen molar-refractivity contribution in [3.63, 3.8) is 0 Å². The fourth-order valence-corrected chi connectivity index (χ4v) is 1.75. The Kier molecular flexibility index (Phi) is 6.45. The molecule has 1 aromatic carbocycles. The van der Waals surface area contributed by atoms with E-state index in [-0.39, 0.29) is 5.56 Å². The molecule has 0 fully saturated rings. The number of nitrogens with one attached hydrogen (secondary N) is 1. The average Bonchev–Trinajstić information content (AvgIpc) is 2.34. The highest BCUT2D eigenvalue weighted by Crippen LogP contribution is 2.10. The molecular formula is C14H22FN3O. The minimum absolute atomic E-state index is 0.201. The molecule has 5 heteroatoms. The molecule has 0 saturated heterocycles. The molecule has 0 heterocycles. The van der Waals surface area contributed by atoms with Gasteiger partial charge < -0.3 is 16.0 Å². The third kappa shape index (κ3) is 5.81. The summed E-state index contributed by atoms with van der Waals surface area (Å²) in [5.74, 6) is -1.00. The summed E-state index contributed by atoms with van der Waals surface area (Å²) in [7, 11) is 4.09. The van der Waals surface area contributed by atoms with Gasteiger partial charge in [-0.05, 0) is 52.2 Å². The third-order valence-corrected chi connectivity index (χ3v) is 2.86. The van der Waals surface area contributed by atoms with Crippen LogP contribution in [0.5, 0.6) is 0 Å². The molecule has 1 amide bonds. The van der Waals surface area contributed by atoms with Gasteiger partial charge in [0.2, 0.25) is 5.91 Å². The Morgan fingerprint density at radius 1 is 1.37 bits per heavy atom. The van der Waals surface area contributed by atoms with Crippen molar-refractivity contribution in [1.82, 2.24) is 10.2 Å². The number of rotatable bonds is 8. The monoisotopic (exact) mass is 267 g/mol. The molecule has 0 bridgehead atoms. The maximum absolute atomic E-state index is 13.6. The highest BCUT2D eigenvalue weighted by molar-refractivity contribution is 5.92. The number of amides is 1. The molecule has 0 atom stereocenters. The summed E-state index contributed by atoms with van der Waals surface area (Å²) in [5, 5.41) is 3.19. The summed E-state index contributed by atoms with van der Waals surface area (Å²) in [6.07, 6.45) is 2.17. The molecule has 0 aliphatic rings. The first-order chi connectivity index (χ1) is 9.00. The number of primary amides is 1. The van der Waals surface area contributed by atoms with E-state index in [9.17, 15) is 9.18 Å². The molecule has 0 radical (unpaired) electrons. The van der Waals surface area contributed by atoms with E-state index >= 15 is 0 Å². The lowest BCUT2D eigenvalue weighted by atomic mass is 10.1. The second-order valence-electron chi connectivity index (χ2n) is 4.86. The Bertz CT molecular complexity index is 421. The Morgan fingerprint density at radius 2 is 2.11 bits per heavy atom. The smallest absolute Gasteiger partial charge is 0.248 e. The van der Waals surface area contributed by atoms with Gasteiger partial charge in [-0.15, -0.1) is 0 Å². The predicted octanol–water partition coefficient (Wildman–Crippen LogP) is 1.36. The lowest BCUT2D eigenvalue weighted by Gasteiger charge is -2.10. The van der Waals surface area contributed by atoms with Crippen molar-refractivity contribution in [2.75, 3.05) is 27.2 Å². The summed E-state index contributed by atoms with van der Waals surface area (Å²) in [5.41, 5.74) is 5.84. The maximum Gasteiger partial charge on any atom is 0.248 e. The number of nitrogens with two attached hydrogens (primary N) is 1. The van der Waals surface area contributed by atoms with Crippen LogP contribution in [0.3, 0.4) is 0 Å². The highest BCUT2D eigenvalue weighted by atomic mass is 19.1. The fraction of sp³-hybridized carbons (Fsp3) is 0.500. The molecule has 0 aliphatic carbocycles. The standard InChI is InChI=1S/C14H22FN3O/c1-18(2)8-4-3-7-17-10-12-6-5-11(14(16)19)9-13(12)15/h5-6,9,17H,3-4,7-8,10H2,1-2H3,(H2,16,19). The van der Waals surface area contributed by atoms with Crippen molar-refractivity contribution >= 4 is 5.91 Å². The van der Waals surface area contributed by atoms with E-state index in [0.29, 0.717) is 12.1 Å². The molecule has 0 aliphatic heterocycles. The molecule has 4 nitrogen and oxygen atoms in total. The zero-order valence-electron chi connectivity index (χ0n) is 11.6. The van der Waals surface area contributed by atoms with E-state index in [1.807, 2.05) is 14.1 Å². The van der Waals surface area contributed by atoms with Crippen LogP contribution in [0.15, 0.2) is 18.2 Å². The Hall–Kier alpha value is -1.46. The van der Waals surface area contributed by atoms with Gasteiger partial charge in [0.25, 0.3) is 0 Å². The first kappa shape index (κ1) is 15.6. The van der Waals surface area contributed by atoms with Crippen LogP contribution in [0.1, 0.15) is 28.8 Å². The van der Waals surface area contributed by atoms with Crippen molar-refractivity contribution in [3.05, 3.63) is 35.1 Å². The molecule has 3 N–H and O–H groups in total. The highest BCUT2D eigenvalue weighted by Gasteiger charge is 2.06. The average molecular weight is 267 g/mol. The number of hydrogen-bond donors (Lipinski definition) is 2. The molecule has 19 heavy (non-hydrogen) atoms. The van der Waals surface area contributed by atoms with Gasteiger partial charge in [-0.1, -0.05) is 6.07 Å². The number of hydrogen-bond acceptors (Lipinski definition) is 3. The second kappa shape index (κ2) is 7.86. The van der Waals surface area contributed by atoms with Crippen LogP contribution in [-0.2, 0) is 6.54 Å². The molecule has 106 valence electrons. The number of nitrogens with zero attached hydrogens (tertiary/aromatic N) is 1. The lowest BCUT2D eigenvalue weighted by Crippen LogP contribution is -2.19. The largest absolute Gasteiger partial charge is 0.366 e. The van der Waals surface area contributed by atoms with Crippen molar-refractivity contribution < 1.29 is 9.18 Å². The second-order valence-corrected chi connectivity index (χ2v) is 4.86. The summed E-state index contributed by atoms with van der Waals surface area (Å²) < 4.78 is 13.6. The Labute approximate surface area is 113 Å². The zero-order chi connectivity index (χ0) is 14.3. The topological polar surface area (TPSA) is 58.4 Å². The number of halogens is 1. The van der Waals surface area contributed by atoms with Gasteiger partial charge in [-0.2, -0.15) is 0 Å². The Morgan fingerprint density at radius 3 is 2.68 bits per heavy atom. The van der Waals surface area contributed by atoms with E-state index in [2.05, 4.69) is 10.2 Å². The molecule has 0 spiro atoms. The molecule has 1 rings (SSSR count). The van der Waals surface area contributed by atoms with Gasteiger partial charge in [-0.25, -0.2) is 4.39 Å². The van der Waals surface area contributed by atoms with Crippen LogP contribution >= 0.6 is 0 Å². The van der Waals surface area contributed by atoms with Gasteiger partial charge in [0.15, 0.2) is 0 Å².